The van der Waals surface area contributed by atoms with Crippen LogP contribution in [0.2, 0.25) is 0 Å². The Kier molecular flexibility index (Phi) is 3.40. The van der Waals surface area contributed by atoms with Crippen molar-refractivity contribution in [3.05, 3.63) is 41.3 Å². The summed E-state index contributed by atoms with van der Waals surface area (Å²) in [4.78, 5) is 4.24. The van der Waals surface area contributed by atoms with Crippen LogP contribution in [0.3, 0.4) is 0 Å². The molecular weight excluding hydrogens is 263 g/mol. The Morgan fingerprint density at radius 2 is 2.30 bits per heavy atom. The summed E-state index contributed by atoms with van der Waals surface area (Å²) in [6.45, 7) is 1.66. The maximum atomic E-state index is 13.2. The van der Waals surface area contributed by atoms with Gasteiger partial charge in [-0.2, -0.15) is 4.98 Å². The molecule has 0 amide bonds. The van der Waals surface area contributed by atoms with Crippen molar-refractivity contribution in [1.29, 1.82) is 0 Å². The number of nitrogens with zero attached hydrogens (tertiary/aromatic N) is 2. The van der Waals surface area contributed by atoms with Crippen molar-refractivity contribution < 1.29 is 18.8 Å². The number of aromatic nitrogens is 2. The summed E-state index contributed by atoms with van der Waals surface area (Å²) >= 11 is 0. The number of halogens is 1. The van der Waals surface area contributed by atoms with Crippen molar-refractivity contribution in [1.82, 2.24) is 10.1 Å². The average molecular weight is 278 g/mol. The third kappa shape index (κ3) is 2.80. The third-order valence-corrected chi connectivity index (χ3v) is 3.20. The fourth-order valence-electron chi connectivity index (χ4n) is 1.95. The Labute approximate surface area is 115 Å². The first-order valence-electron chi connectivity index (χ1n) is 6.56. The van der Waals surface area contributed by atoms with E-state index in [1.165, 1.54) is 18.2 Å². The van der Waals surface area contributed by atoms with Crippen LogP contribution >= 0.6 is 0 Å². The quantitative estimate of drug-likeness (QED) is 0.910. The number of aliphatic hydroxyl groups excluding tert-OH is 1. The van der Waals surface area contributed by atoms with Gasteiger partial charge in [0.25, 0.3) is 5.89 Å². The van der Waals surface area contributed by atoms with Gasteiger partial charge in [-0.05, 0) is 38.0 Å². The van der Waals surface area contributed by atoms with Gasteiger partial charge in [0.1, 0.15) is 11.6 Å². The lowest BCUT2D eigenvalue weighted by atomic mass is 10.1. The molecule has 1 unspecified atom stereocenters. The number of aliphatic hydroxyl groups is 1. The molecule has 1 aromatic carbocycles. The van der Waals surface area contributed by atoms with Crippen molar-refractivity contribution in [3.63, 3.8) is 0 Å². The Bertz CT molecular complexity index is 608. The van der Waals surface area contributed by atoms with E-state index in [2.05, 4.69) is 10.1 Å². The van der Waals surface area contributed by atoms with Crippen molar-refractivity contribution in [2.45, 2.75) is 38.4 Å². The molecule has 106 valence electrons. The smallest absolute Gasteiger partial charge is 0.264 e. The lowest BCUT2D eigenvalue weighted by Gasteiger charge is -2.12. The first kappa shape index (κ1) is 13.1. The van der Waals surface area contributed by atoms with Crippen LogP contribution in [0.5, 0.6) is 5.75 Å². The molecule has 3 rings (SSSR count). The molecule has 0 aliphatic heterocycles. The van der Waals surface area contributed by atoms with Gasteiger partial charge < -0.3 is 14.4 Å². The van der Waals surface area contributed by atoms with Crippen molar-refractivity contribution in [2.24, 2.45) is 0 Å². The normalized spacial score (nSPS) is 16.1. The molecule has 6 heteroatoms. The molecule has 1 heterocycles. The highest BCUT2D eigenvalue weighted by atomic mass is 19.1. The maximum Gasteiger partial charge on any atom is 0.264 e. The molecule has 20 heavy (non-hydrogen) atoms. The topological polar surface area (TPSA) is 68.4 Å². The van der Waals surface area contributed by atoms with Gasteiger partial charge in [0.05, 0.1) is 6.10 Å². The van der Waals surface area contributed by atoms with Crippen LogP contribution in [0.4, 0.5) is 4.39 Å². The number of hydrogen-bond donors (Lipinski definition) is 1. The molecule has 0 radical (unpaired) electrons. The molecule has 1 atom stereocenters. The van der Waals surface area contributed by atoms with Gasteiger partial charge >= 0.3 is 0 Å². The monoisotopic (exact) mass is 278 g/mol. The summed E-state index contributed by atoms with van der Waals surface area (Å²) in [6.07, 6.45) is 1.39. The highest BCUT2D eigenvalue weighted by molar-refractivity contribution is 5.35. The van der Waals surface area contributed by atoms with Gasteiger partial charge in [0.15, 0.2) is 12.4 Å². The van der Waals surface area contributed by atoms with E-state index in [1.54, 1.807) is 6.92 Å². The standard InChI is InChI=1S/C14H15FN2O3/c1-8(18)11-6-10(15)4-5-12(11)19-7-13-16-14(17-20-13)9-2-3-9/h4-6,8-9,18H,2-3,7H2,1H3. The van der Waals surface area contributed by atoms with Gasteiger partial charge in [-0.1, -0.05) is 5.16 Å². The molecule has 2 aromatic rings. The third-order valence-electron chi connectivity index (χ3n) is 3.20. The molecule has 0 spiro atoms. The second-order valence-electron chi connectivity index (χ2n) is 4.97. The van der Waals surface area contributed by atoms with E-state index in [0.717, 1.165) is 18.7 Å². The molecule has 1 aliphatic carbocycles. The molecule has 1 fully saturated rings. The summed E-state index contributed by atoms with van der Waals surface area (Å²) in [5, 5.41) is 13.5. The van der Waals surface area contributed by atoms with Crippen LogP contribution in [0, 0.1) is 5.82 Å². The fourth-order valence-corrected chi connectivity index (χ4v) is 1.95. The van der Waals surface area contributed by atoms with Gasteiger partial charge in [0.2, 0.25) is 0 Å². The molecule has 0 bridgehead atoms. The Morgan fingerprint density at radius 3 is 3.00 bits per heavy atom. The number of rotatable bonds is 5. The summed E-state index contributed by atoms with van der Waals surface area (Å²) in [5.74, 6) is 1.52. The molecule has 1 N–H and O–H groups in total. The lowest BCUT2D eigenvalue weighted by Crippen LogP contribution is -2.02. The van der Waals surface area contributed by atoms with Crippen molar-refractivity contribution in [2.75, 3.05) is 0 Å². The zero-order valence-electron chi connectivity index (χ0n) is 11.0. The molecule has 5 nitrogen and oxygen atoms in total. The van der Waals surface area contributed by atoms with Crippen LogP contribution < -0.4 is 4.74 Å². The lowest BCUT2D eigenvalue weighted by molar-refractivity contribution is 0.184. The minimum atomic E-state index is -0.814. The van der Waals surface area contributed by atoms with E-state index in [4.69, 9.17) is 9.26 Å². The number of hydrogen-bond acceptors (Lipinski definition) is 5. The molecule has 1 aromatic heterocycles. The zero-order chi connectivity index (χ0) is 14.1. The fraction of sp³-hybridized carbons (Fsp3) is 0.429. The van der Waals surface area contributed by atoms with Gasteiger partial charge in [-0.3, -0.25) is 0 Å². The maximum absolute atomic E-state index is 13.2. The minimum absolute atomic E-state index is 0.102. The summed E-state index contributed by atoms with van der Waals surface area (Å²) in [7, 11) is 0. The van der Waals surface area contributed by atoms with Crippen LogP contribution in [-0.4, -0.2) is 15.2 Å². The second-order valence-corrected chi connectivity index (χ2v) is 4.97. The highest BCUT2D eigenvalue weighted by Gasteiger charge is 2.28. The van der Waals surface area contributed by atoms with E-state index in [1.807, 2.05) is 0 Å². The van der Waals surface area contributed by atoms with Crippen molar-refractivity contribution >= 4 is 0 Å². The molecule has 1 saturated carbocycles. The molecule has 0 saturated heterocycles. The summed E-state index contributed by atoms with van der Waals surface area (Å²) in [5.41, 5.74) is 0.395. The largest absolute Gasteiger partial charge is 0.483 e. The number of benzene rings is 1. The van der Waals surface area contributed by atoms with Crippen LogP contribution in [0.25, 0.3) is 0 Å². The summed E-state index contributed by atoms with van der Waals surface area (Å²) in [6, 6.07) is 4.02. The summed E-state index contributed by atoms with van der Waals surface area (Å²) < 4.78 is 23.8. The van der Waals surface area contributed by atoms with Crippen LogP contribution in [0.1, 0.15) is 49.1 Å². The van der Waals surface area contributed by atoms with Gasteiger partial charge in [-0.25, -0.2) is 4.39 Å². The average Bonchev–Trinajstić information content (AvgIpc) is 3.17. The van der Waals surface area contributed by atoms with Gasteiger partial charge in [-0.15, -0.1) is 0 Å². The first-order chi connectivity index (χ1) is 9.63. The van der Waals surface area contributed by atoms with E-state index >= 15 is 0 Å². The Balaban J connectivity index is 1.70. The van der Waals surface area contributed by atoms with Crippen molar-refractivity contribution in [3.8, 4) is 5.75 Å². The van der Waals surface area contributed by atoms with Crippen LogP contribution in [-0.2, 0) is 6.61 Å². The first-order valence-corrected chi connectivity index (χ1v) is 6.56. The highest BCUT2D eigenvalue weighted by Crippen LogP contribution is 2.38. The van der Waals surface area contributed by atoms with E-state index in [0.29, 0.717) is 23.1 Å². The second kappa shape index (κ2) is 5.20. The molecular formula is C14H15FN2O3. The van der Waals surface area contributed by atoms with Crippen LogP contribution in [0.15, 0.2) is 22.7 Å². The Morgan fingerprint density at radius 1 is 1.50 bits per heavy atom. The van der Waals surface area contributed by atoms with Gasteiger partial charge in [0, 0.05) is 11.5 Å². The zero-order valence-corrected chi connectivity index (χ0v) is 11.0. The van der Waals surface area contributed by atoms with E-state index in [-0.39, 0.29) is 6.61 Å². The number of ether oxygens (including phenoxy) is 1. The SMILES string of the molecule is CC(O)c1cc(F)ccc1OCc1nc(C2CC2)no1. The Hall–Kier alpha value is -1.95. The predicted molar refractivity (Wildman–Crippen MR) is 67.6 cm³/mol. The minimum Gasteiger partial charge on any atom is -0.483 e. The van der Waals surface area contributed by atoms with E-state index in [9.17, 15) is 9.50 Å². The predicted octanol–water partition coefficient (Wildman–Crippen LogP) is 2.72. The van der Waals surface area contributed by atoms with E-state index < -0.39 is 11.9 Å². The molecule has 1 aliphatic rings.